The van der Waals surface area contributed by atoms with Gasteiger partial charge in [0.15, 0.2) is 0 Å². The molecule has 1 aliphatic rings. The average Bonchev–Trinajstić information content (AvgIpc) is 2.09. The summed E-state index contributed by atoms with van der Waals surface area (Å²) in [6.07, 6.45) is 5.17. The van der Waals surface area contributed by atoms with E-state index in [0.717, 1.165) is 12.8 Å². The predicted octanol–water partition coefficient (Wildman–Crippen LogP) is 2.68. The molecule has 1 saturated heterocycles. The lowest BCUT2D eigenvalue weighted by molar-refractivity contribution is -0.132. The molecule has 0 aromatic rings. The molecule has 0 aromatic heterocycles. The van der Waals surface area contributed by atoms with E-state index < -0.39 is 5.97 Å². The van der Waals surface area contributed by atoms with Crippen LogP contribution in [0.2, 0.25) is 0 Å². The fourth-order valence-electron chi connectivity index (χ4n) is 1.74. The van der Waals surface area contributed by atoms with Crippen LogP contribution in [0.4, 0.5) is 0 Å². The molecule has 1 aliphatic heterocycles. The van der Waals surface area contributed by atoms with Crippen molar-refractivity contribution in [1.29, 1.82) is 0 Å². The van der Waals surface area contributed by atoms with Gasteiger partial charge >= 0.3 is 5.97 Å². The number of carboxylic acid groups (broad SMARTS) is 1. The number of hydrogen-bond acceptors (Lipinski definition) is 1. The van der Waals surface area contributed by atoms with Crippen molar-refractivity contribution in [3.05, 3.63) is 11.1 Å². The molecule has 1 N–H and O–H groups in total. The van der Waals surface area contributed by atoms with Crippen molar-refractivity contribution in [2.45, 2.75) is 26.2 Å². The topological polar surface area (TPSA) is 37.3 Å². The SMILES string of the molecule is CCC(C(=O)O)=C1CCP(C)CC1. The normalized spacial score (nSPS) is 22.9. The van der Waals surface area contributed by atoms with E-state index in [4.69, 9.17) is 5.11 Å². The third-order valence-corrected chi connectivity index (χ3v) is 4.60. The Labute approximate surface area is 80.8 Å². The molecule has 0 saturated carbocycles. The first-order valence-electron chi connectivity index (χ1n) is 4.78. The maximum atomic E-state index is 10.9. The molecule has 0 aromatic carbocycles. The second kappa shape index (κ2) is 4.76. The molecule has 0 amide bonds. The maximum Gasteiger partial charge on any atom is 0.331 e. The van der Waals surface area contributed by atoms with E-state index in [2.05, 4.69) is 6.66 Å². The molecule has 13 heavy (non-hydrogen) atoms. The van der Waals surface area contributed by atoms with Crippen LogP contribution in [0.1, 0.15) is 26.2 Å². The first-order valence-corrected chi connectivity index (χ1v) is 6.93. The molecule has 0 spiro atoms. The number of hydrogen-bond donors (Lipinski definition) is 1. The van der Waals surface area contributed by atoms with Crippen molar-refractivity contribution in [3.8, 4) is 0 Å². The molecule has 0 aliphatic carbocycles. The van der Waals surface area contributed by atoms with Gasteiger partial charge in [-0.05, 0) is 38.3 Å². The van der Waals surface area contributed by atoms with Crippen LogP contribution in [-0.2, 0) is 4.79 Å². The summed E-state index contributed by atoms with van der Waals surface area (Å²) in [5.41, 5.74) is 1.87. The Bertz CT molecular complexity index is 223. The van der Waals surface area contributed by atoms with Crippen LogP contribution in [0.5, 0.6) is 0 Å². The van der Waals surface area contributed by atoms with Gasteiger partial charge in [0.1, 0.15) is 0 Å². The van der Waals surface area contributed by atoms with Gasteiger partial charge in [-0.1, -0.05) is 12.5 Å². The molecule has 0 unspecified atom stereocenters. The molecule has 0 radical (unpaired) electrons. The Morgan fingerprint density at radius 2 is 2.00 bits per heavy atom. The van der Waals surface area contributed by atoms with Crippen molar-refractivity contribution in [1.82, 2.24) is 0 Å². The first kappa shape index (κ1) is 10.7. The zero-order valence-electron chi connectivity index (χ0n) is 8.34. The minimum absolute atomic E-state index is 0.206. The highest BCUT2D eigenvalue weighted by atomic mass is 31.1. The van der Waals surface area contributed by atoms with Crippen LogP contribution >= 0.6 is 7.92 Å². The first-order chi connectivity index (χ1) is 6.15. The molecule has 1 rings (SSSR count). The lowest BCUT2D eigenvalue weighted by Gasteiger charge is -2.22. The highest BCUT2D eigenvalue weighted by Gasteiger charge is 2.17. The number of carboxylic acids is 1. The summed E-state index contributed by atoms with van der Waals surface area (Å²) in [6.45, 7) is 4.23. The van der Waals surface area contributed by atoms with Gasteiger partial charge in [-0.15, -0.1) is 7.92 Å². The summed E-state index contributed by atoms with van der Waals surface area (Å²) >= 11 is 0. The zero-order valence-corrected chi connectivity index (χ0v) is 9.23. The maximum absolute atomic E-state index is 10.9. The molecular formula is C10H17O2P. The van der Waals surface area contributed by atoms with E-state index in [1.54, 1.807) is 0 Å². The Balaban J connectivity index is 2.72. The lowest BCUT2D eigenvalue weighted by atomic mass is 10.0. The fourth-order valence-corrected chi connectivity index (χ4v) is 3.27. The van der Waals surface area contributed by atoms with Crippen LogP contribution in [0.25, 0.3) is 0 Å². The van der Waals surface area contributed by atoms with Gasteiger partial charge in [-0.3, -0.25) is 0 Å². The van der Waals surface area contributed by atoms with E-state index in [0.29, 0.717) is 12.0 Å². The van der Waals surface area contributed by atoms with Gasteiger partial charge in [-0.2, -0.15) is 0 Å². The number of aliphatic carboxylic acids is 1. The standard InChI is InChI=1S/C10H17O2P/c1-3-9(10(11)12)8-4-6-13(2)7-5-8/h3-7H2,1-2H3,(H,11,12). The van der Waals surface area contributed by atoms with Crippen molar-refractivity contribution < 1.29 is 9.90 Å². The third kappa shape index (κ3) is 2.80. The summed E-state index contributed by atoms with van der Waals surface area (Å²) in [6, 6.07) is 0. The van der Waals surface area contributed by atoms with E-state index in [1.165, 1.54) is 17.9 Å². The van der Waals surface area contributed by atoms with Crippen molar-refractivity contribution in [2.24, 2.45) is 0 Å². The van der Waals surface area contributed by atoms with Crippen molar-refractivity contribution >= 4 is 13.9 Å². The summed E-state index contributed by atoms with van der Waals surface area (Å²) in [5.74, 6) is -0.708. The van der Waals surface area contributed by atoms with Crippen LogP contribution < -0.4 is 0 Å². The molecule has 1 heterocycles. The minimum Gasteiger partial charge on any atom is -0.478 e. The quantitative estimate of drug-likeness (QED) is 0.549. The van der Waals surface area contributed by atoms with E-state index in [-0.39, 0.29) is 7.92 Å². The number of rotatable bonds is 2. The smallest absolute Gasteiger partial charge is 0.331 e. The molecule has 0 bridgehead atoms. The largest absolute Gasteiger partial charge is 0.478 e. The predicted molar refractivity (Wildman–Crippen MR) is 56.8 cm³/mol. The minimum atomic E-state index is -0.708. The Morgan fingerprint density at radius 1 is 1.46 bits per heavy atom. The highest BCUT2D eigenvalue weighted by molar-refractivity contribution is 7.56. The molecular weight excluding hydrogens is 183 g/mol. The number of carbonyl (C=O) groups is 1. The van der Waals surface area contributed by atoms with E-state index in [1.807, 2.05) is 6.92 Å². The lowest BCUT2D eigenvalue weighted by Crippen LogP contribution is -2.09. The summed E-state index contributed by atoms with van der Waals surface area (Å²) in [5, 5.41) is 8.94. The Hall–Kier alpha value is -0.360. The summed E-state index contributed by atoms with van der Waals surface area (Å²) in [7, 11) is 0.206. The van der Waals surface area contributed by atoms with E-state index in [9.17, 15) is 4.79 Å². The highest BCUT2D eigenvalue weighted by Crippen LogP contribution is 2.40. The van der Waals surface area contributed by atoms with Gasteiger partial charge < -0.3 is 5.11 Å². The van der Waals surface area contributed by atoms with Gasteiger partial charge in [-0.25, -0.2) is 4.79 Å². The third-order valence-electron chi connectivity index (χ3n) is 2.63. The van der Waals surface area contributed by atoms with Gasteiger partial charge in [0.05, 0.1) is 0 Å². The summed E-state index contributed by atoms with van der Waals surface area (Å²) < 4.78 is 0. The van der Waals surface area contributed by atoms with Gasteiger partial charge in [0, 0.05) is 5.57 Å². The van der Waals surface area contributed by atoms with Crippen LogP contribution in [0.15, 0.2) is 11.1 Å². The summed E-state index contributed by atoms with van der Waals surface area (Å²) in [4.78, 5) is 10.9. The Kier molecular flexibility index (Phi) is 3.92. The fraction of sp³-hybridized carbons (Fsp3) is 0.700. The molecule has 0 atom stereocenters. The molecule has 2 nitrogen and oxygen atoms in total. The van der Waals surface area contributed by atoms with Crippen LogP contribution in [0.3, 0.4) is 0 Å². The van der Waals surface area contributed by atoms with Gasteiger partial charge in [0.2, 0.25) is 0 Å². The van der Waals surface area contributed by atoms with E-state index >= 15 is 0 Å². The molecule has 1 fully saturated rings. The molecule has 74 valence electrons. The Morgan fingerprint density at radius 3 is 2.38 bits per heavy atom. The monoisotopic (exact) mass is 200 g/mol. The second-order valence-electron chi connectivity index (χ2n) is 3.54. The van der Waals surface area contributed by atoms with Crippen molar-refractivity contribution in [3.63, 3.8) is 0 Å². The van der Waals surface area contributed by atoms with Crippen LogP contribution in [-0.4, -0.2) is 30.1 Å². The van der Waals surface area contributed by atoms with Crippen LogP contribution in [0, 0.1) is 0 Å². The van der Waals surface area contributed by atoms with Crippen molar-refractivity contribution in [2.75, 3.05) is 19.0 Å². The average molecular weight is 200 g/mol. The second-order valence-corrected chi connectivity index (χ2v) is 6.15. The zero-order chi connectivity index (χ0) is 9.84. The number of allylic oxidation sites excluding steroid dienone is 1. The molecule has 3 heteroatoms. The van der Waals surface area contributed by atoms with Gasteiger partial charge in [0.25, 0.3) is 0 Å².